The van der Waals surface area contributed by atoms with Crippen LogP contribution in [-0.2, 0) is 14.6 Å². The van der Waals surface area contributed by atoms with Crippen LogP contribution in [-0.4, -0.2) is 45.1 Å². The average molecular weight is 313 g/mol. The minimum Gasteiger partial charge on any atom is -0.490 e. The van der Waals surface area contributed by atoms with Crippen LogP contribution in [0, 0.1) is 0 Å². The molecule has 1 aliphatic heterocycles. The Bertz CT molecular complexity index is 599. The van der Waals surface area contributed by atoms with Crippen molar-refractivity contribution in [3.05, 3.63) is 24.3 Å². The van der Waals surface area contributed by atoms with E-state index in [1.54, 1.807) is 18.2 Å². The fourth-order valence-electron chi connectivity index (χ4n) is 2.17. The van der Waals surface area contributed by atoms with Crippen LogP contribution in [0.25, 0.3) is 0 Å². The van der Waals surface area contributed by atoms with Crippen molar-refractivity contribution >= 4 is 15.7 Å². The van der Waals surface area contributed by atoms with E-state index in [2.05, 4.69) is 5.32 Å². The Balaban J connectivity index is 1.84. The van der Waals surface area contributed by atoms with Crippen LogP contribution in [0.4, 0.5) is 0 Å². The molecular weight excluding hydrogens is 294 g/mol. The zero-order chi connectivity index (χ0) is 15.3. The Kier molecular flexibility index (Phi) is 5.06. The molecule has 0 aliphatic carbocycles. The minimum atomic E-state index is -3.00. The van der Waals surface area contributed by atoms with E-state index in [1.807, 2.05) is 13.0 Å². The van der Waals surface area contributed by atoms with Crippen molar-refractivity contribution in [2.75, 3.05) is 24.7 Å². The third-order valence-electron chi connectivity index (χ3n) is 3.11. The van der Waals surface area contributed by atoms with Gasteiger partial charge in [0.05, 0.1) is 18.1 Å². The van der Waals surface area contributed by atoms with Crippen molar-refractivity contribution in [3.63, 3.8) is 0 Å². The van der Waals surface area contributed by atoms with Gasteiger partial charge in [0.2, 0.25) is 0 Å². The molecule has 116 valence electrons. The lowest BCUT2D eigenvalue weighted by molar-refractivity contribution is -0.123. The van der Waals surface area contributed by atoms with Gasteiger partial charge >= 0.3 is 0 Å². The van der Waals surface area contributed by atoms with Crippen LogP contribution in [0.15, 0.2) is 24.3 Å². The molecule has 1 fully saturated rings. The molecule has 1 N–H and O–H groups in total. The van der Waals surface area contributed by atoms with E-state index in [0.29, 0.717) is 24.5 Å². The van der Waals surface area contributed by atoms with E-state index in [4.69, 9.17) is 9.47 Å². The number of nitrogens with one attached hydrogen (secondary N) is 1. The van der Waals surface area contributed by atoms with Crippen LogP contribution < -0.4 is 14.8 Å². The summed E-state index contributed by atoms with van der Waals surface area (Å²) in [4.78, 5) is 11.8. The van der Waals surface area contributed by atoms with Gasteiger partial charge in [0.25, 0.3) is 5.91 Å². The van der Waals surface area contributed by atoms with Gasteiger partial charge in [-0.2, -0.15) is 0 Å². The van der Waals surface area contributed by atoms with E-state index in [0.717, 1.165) is 0 Å². The molecule has 1 heterocycles. The van der Waals surface area contributed by atoms with Crippen molar-refractivity contribution in [3.8, 4) is 11.5 Å². The lowest BCUT2D eigenvalue weighted by Gasteiger charge is -2.13. The zero-order valence-corrected chi connectivity index (χ0v) is 12.7. The third kappa shape index (κ3) is 4.63. The number of amides is 1. The smallest absolute Gasteiger partial charge is 0.258 e. The first-order valence-corrected chi connectivity index (χ1v) is 8.66. The molecule has 0 aromatic heterocycles. The maximum Gasteiger partial charge on any atom is 0.258 e. The summed E-state index contributed by atoms with van der Waals surface area (Å²) in [6, 6.07) is 6.78. The van der Waals surface area contributed by atoms with Crippen molar-refractivity contribution < 1.29 is 22.7 Å². The molecule has 6 nitrogen and oxygen atoms in total. The molecule has 1 atom stereocenters. The highest BCUT2D eigenvalue weighted by molar-refractivity contribution is 7.91. The van der Waals surface area contributed by atoms with E-state index < -0.39 is 9.84 Å². The predicted molar refractivity (Wildman–Crippen MR) is 78.3 cm³/mol. The second-order valence-electron chi connectivity index (χ2n) is 4.84. The highest BCUT2D eigenvalue weighted by Gasteiger charge is 2.28. The Morgan fingerprint density at radius 3 is 2.52 bits per heavy atom. The fourth-order valence-corrected chi connectivity index (χ4v) is 3.84. The Hall–Kier alpha value is -1.76. The summed E-state index contributed by atoms with van der Waals surface area (Å²) in [6.45, 7) is 2.21. The number of rotatable bonds is 6. The monoisotopic (exact) mass is 313 g/mol. The topological polar surface area (TPSA) is 81.7 Å². The Morgan fingerprint density at radius 1 is 1.29 bits per heavy atom. The number of carbonyl (C=O) groups excluding carboxylic acids is 1. The van der Waals surface area contributed by atoms with Crippen molar-refractivity contribution in [1.82, 2.24) is 5.32 Å². The second kappa shape index (κ2) is 6.80. The Morgan fingerprint density at radius 2 is 1.95 bits per heavy atom. The van der Waals surface area contributed by atoms with Gasteiger partial charge in [0.15, 0.2) is 27.9 Å². The average Bonchev–Trinajstić information content (AvgIpc) is 2.77. The first kappa shape index (κ1) is 15.6. The fraction of sp³-hybridized carbons (Fsp3) is 0.500. The van der Waals surface area contributed by atoms with Crippen molar-refractivity contribution in [2.24, 2.45) is 0 Å². The number of hydrogen-bond acceptors (Lipinski definition) is 5. The summed E-state index contributed by atoms with van der Waals surface area (Å²) >= 11 is 0. The molecule has 7 heteroatoms. The molecule has 0 bridgehead atoms. The normalized spacial score (nSPS) is 20.0. The van der Waals surface area contributed by atoms with E-state index >= 15 is 0 Å². The lowest BCUT2D eigenvalue weighted by atomic mass is 10.2. The van der Waals surface area contributed by atoms with E-state index in [9.17, 15) is 13.2 Å². The molecule has 1 saturated heterocycles. The van der Waals surface area contributed by atoms with Gasteiger partial charge in [0.1, 0.15) is 0 Å². The lowest BCUT2D eigenvalue weighted by Crippen LogP contribution is -2.38. The first-order chi connectivity index (χ1) is 10.00. The Labute approximate surface area is 124 Å². The number of hydrogen-bond donors (Lipinski definition) is 1. The molecule has 1 aliphatic rings. The molecule has 1 aromatic rings. The summed E-state index contributed by atoms with van der Waals surface area (Å²) < 4.78 is 33.5. The van der Waals surface area contributed by atoms with E-state index in [1.165, 1.54) is 0 Å². The van der Waals surface area contributed by atoms with Crippen LogP contribution >= 0.6 is 0 Å². The predicted octanol–water partition coefficient (Wildman–Crippen LogP) is 0.767. The van der Waals surface area contributed by atoms with Gasteiger partial charge in [-0.3, -0.25) is 4.79 Å². The maximum atomic E-state index is 11.8. The number of sulfone groups is 1. The van der Waals surface area contributed by atoms with Crippen molar-refractivity contribution in [1.29, 1.82) is 0 Å². The van der Waals surface area contributed by atoms with Gasteiger partial charge < -0.3 is 14.8 Å². The minimum absolute atomic E-state index is 0.00821. The zero-order valence-electron chi connectivity index (χ0n) is 11.9. The van der Waals surface area contributed by atoms with Gasteiger partial charge in [-0.25, -0.2) is 8.42 Å². The number of carbonyl (C=O) groups is 1. The molecule has 1 aromatic carbocycles. The van der Waals surface area contributed by atoms with Crippen molar-refractivity contribution in [2.45, 2.75) is 19.4 Å². The molecule has 21 heavy (non-hydrogen) atoms. The van der Waals surface area contributed by atoms with Gasteiger partial charge in [0, 0.05) is 6.04 Å². The number of benzene rings is 1. The molecule has 0 spiro atoms. The highest BCUT2D eigenvalue weighted by Crippen LogP contribution is 2.26. The quantitative estimate of drug-likeness (QED) is 0.839. The third-order valence-corrected chi connectivity index (χ3v) is 4.87. The summed E-state index contributed by atoms with van der Waals surface area (Å²) in [5.74, 6) is 0.883. The summed E-state index contributed by atoms with van der Waals surface area (Å²) in [5.41, 5.74) is 0. The van der Waals surface area contributed by atoms with Gasteiger partial charge in [-0.15, -0.1) is 0 Å². The molecule has 1 unspecified atom stereocenters. The van der Waals surface area contributed by atoms with Crippen LogP contribution in [0.2, 0.25) is 0 Å². The second-order valence-corrected chi connectivity index (χ2v) is 7.06. The van der Waals surface area contributed by atoms with E-state index in [-0.39, 0.29) is 30.1 Å². The maximum absolute atomic E-state index is 11.8. The SMILES string of the molecule is CCOc1ccccc1OCC(=O)NC1CCS(=O)(=O)C1. The first-order valence-electron chi connectivity index (χ1n) is 6.84. The standard InChI is InChI=1S/C14H19NO5S/c1-2-19-12-5-3-4-6-13(12)20-9-14(16)15-11-7-8-21(17,18)10-11/h3-6,11H,2,7-10H2,1H3,(H,15,16). The molecular formula is C14H19NO5S. The summed E-state index contributed by atoms with van der Waals surface area (Å²) in [7, 11) is -3.00. The van der Waals surface area contributed by atoms with Crippen LogP contribution in [0.3, 0.4) is 0 Å². The highest BCUT2D eigenvalue weighted by atomic mass is 32.2. The van der Waals surface area contributed by atoms with Gasteiger partial charge in [-0.05, 0) is 25.5 Å². The van der Waals surface area contributed by atoms with Crippen LogP contribution in [0.1, 0.15) is 13.3 Å². The molecule has 0 saturated carbocycles. The molecule has 2 rings (SSSR count). The number of para-hydroxylation sites is 2. The molecule has 1 amide bonds. The number of ether oxygens (including phenoxy) is 2. The van der Waals surface area contributed by atoms with Gasteiger partial charge in [-0.1, -0.05) is 12.1 Å². The molecule has 0 radical (unpaired) electrons. The summed E-state index contributed by atoms with van der Waals surface area (Å²) in [5, 5.41) is 2.67. The largest absolute Gasteiger partial charge is 0.490 e. The van der Waals surface area contributed by atoms with Crippen LogP contribution in [0.5, 0.6) is 11.5 Å². The summed E-state index contributed by atoms with van der Waals surface area (Å²) in [6.07, 6.45) is 0.462.